The van der Waals surface area contributed by atoms with Crippen LogP contribution in [0.15, 0.2) is 37.9 Å². The molecular weight excluding hydrogens is 495 g/mol. The lowest BCUT2D eigenvalue weighted by Gasteiger charge is -2.36. The van der Waals surface area contributed by atoms with Gasteiger partial charge in [0, 0.05) is 38.4 Å². The first-order chi connectivity index (χ1) is 11.0. The standard InChI is InChI=1S/C15H16Br3FN4/c16-13-14(17)20-23(15(13)18)10-7-21-5-8-22(9-6-21)12-3-1-11(19)2-4-12/h1-4H,5-10H2. The molecule has 0 aliphatic carbocycles. The van der Waals surface area contributed by atoms with Crippen molar-refractivity contribution in [2.45, 2.75) is 6.54 Å². The number of hydrogen-bond donors (Lipinski definition) is 0. The van der Waals surface area contributed by atoms with Gasteiger partial charge in [0.2, 0.25) is 0 Å². The Morgan fingerprint density at radius 3 is 2.17 bits per heavy atom. The van der Waals surface area contributed by atoms with Gasteiger partial charge in [-0.1, -0.05) is 0 Å². The topological polar surface area (TPSA) is 24.3 Å². The van der Waals surface area contributed by atoms with Gasteiger partial charge in [-0.2, -0.15) is 5.10 Å². The largest absolute Gasteiger partial charge is 0.369 e. The lowest BCUT2D eigenvalue weighted by Crippen LogP contribution is -2.47. The Morgan fingerprint density at radius 2 is 1.61 bits per heavy atom. The number of aromatic nitrogens is 2. The van der Waals surface area contributed by atoms with E-state index in [1.165, 1.54) is 12.1 Å². The van der Waals surface area contributed by atoms with Gasteiger partial charge in [-0.25, -0.2) is 4.39 Å². The summed E-state index contributed by atoms with van der Waals surface area (Å²) in [6.07, 6.45) is 0. The number of piperazine rings is 1. The van der Waals surface area contributed by atoms with E-state index in [1.807, 2.05) is 16.8 Å². The van der Waals surface area contributed by atoms with Gasteiger partial charge in [0.15, 0.2) is 0 Å². The summed E-state index contributed by atoms with van der Waals surface area (Å²) in [5.74, 6) is -0.186. The SMILES string of the molecule is Fc1ccc(N2CCN(CCn3nc(Br)c(Br)c3Br)CC2)cc1. The summed E-state index contributed by atoms with van der Waals surface area (Å²) < 4.78 is 17.6. The van der Waals surface area contributed by atoms with Gasteiger partial charge in [0.05, 0.1) is 11.0 Å². The maximum atomic E-state index is 13.0. The third-order valence-electron chi connectivity index (χ3n) is 3.99. The quantitative estimate of drug-likeness (QED) is 0.618. The molecule has 0 bridgehead atoms. The third kappa shape index (κ3) is 4.15. The van der Waals surface area contributed by atoms with Crippen molar-refractivity contribution >= 4 is 53.5 Å². The fourth-order valence-electron chi connectivity index (χ4n) is 2.66. The molecule has 2 aromatic rings. The average molecular weight is 511 g/mol. The van der Waals surface area contributed by atoms with E-state index in [1.54, 1.807) is 0 Å². The van der Waals surface area contributed by atoms with E-state index in [0.29, 0.717) is 0 Å². The summed E-state index contributed by atoms with van der Waals surface area (Å²) in [5, 5.41) is 4.43. The molecule has 1 aromatic carbocycles. The van der Waals surface area contributed by atoms with Gasteiger partial charge in [0.25, 0.3) is 0 Å². The van der Waals surface area contributed by atoms with Crippen LogP contribution >= 0.6 is 47.8 Å². The molecule has 1 saturated heterocycles. The predicted molar refractivity (Wildman–Crippen MR) is 100 cm³/mol. The highest BCUT2D eigenvalue weighted by Gasteiger charge is 2.18. The zero-order chi connectivity index (χ0) is 16.4. The van der Waals surface area contributed by atoms with Gasteiger partial charge in [-0.05, 0) is 72.1 Å². The highest BCUT2D eigenvalue weighted by molar-refractivity contribution is 9.14. The van der Waals surface area contributed by atoms with Crippen molar-refractivity contribution in [1.29, 1.82) is 0 Å². The van der Waals surface area contributed by atoms with E-state index < -0.39 is 0 Å². The van der Waals surface area contributed by atoms with Crippen LogP contribution in [-0.4, -0.2) is 47.4 Å². The number of rotatable bonds is 4. The predicted octanol–water partition coefficient (Wildman–Crippen LogP) is 4.13. The number of benzene rings is 1. The maximum Gasteiger partial charge on any atom is 0.143 e. The van der Waals surface area contributed by atoms with Crippen LogP contribution in [0, 0.1) is 5.82 Å². The molecule has 3 rings (SSSR count). The molecule has 2 heterocycles. The first-order valence-electron chi connectivity index (χ1n) is 7.35. The Bertz CT molecular complexity index is 666. The molecule has 0 N–H and O–H groups in total. The van der Waals surface area contributed by atoms with Gasteiger partial charge < -0.3 is 4.90 Å². The molecule has 0 radical (unpaired) electrons. The minimum Gasteiger partial charge on any atom is -0.369 e. The van der Waals surface area contributed by atoms with Crippen molar-refractivity contribution in [2.24, 2.45) is 0 Å². The fraction of sp³-hybridized carbons (Fsp3) is 0.400. The second-order valence-corrected chi connectivity index (χ2v) is 7.72. The van der Waals surface area contributed by atoms with Crippen molar-refractivity contribution in [3.63, 3.8) is 0 Å². The smallest absolute Gasteiger partial charge is 0.143 e. The van der Waals surface area contributed by atoms with Crippen molar-refractivity contribution in [3.05, 3.63) is 43.8 Å². The second kappa shape index (κ2) is 7.63. The zero-order valence-electron chi connectivity index (χ0n) is 12.4. The molecule has 1 fully saturated rings. The summed E-state index contributed by atoms with van der Waals surface area (Å²) >= 11 is 10.4. The Morgan fingerprint density at radius 1 is 0.957 bits per heavy atom. The molecule has 0 amide bonds. The molecule has 124 valence electrons. The molecule has 1 aromatic heterocycles. The van der Waals surface area contributed by atoms with E-state index in [9.17, 15) is 4.39 Å². The summed E-state index contributed by atoms with van der Waals surface area (Å²) in [6.45, 7) is 5.70. The van der Waals surface area contributed by atoms with E-state index in [0.717, 1.165) is 58.6 Å². The van der Waals surface area contributed by atoms with Gasteiger partial charge >= 0.3 is 0 Å². The highest BCUT2D eigenvalue weighted by Crippen LogP contribution is 2.30. The molecule has 0 spiro atoms. The van der Waals surface area contributed by atoms with Crippen LogP contribution in [0.3, 0.4) is 0 Å². The van der Waals surface area contributed by atoms with Crippen LogP contribution < -0.4 is 4.90 Å². The summed E-state index contributed by atoms with van der Waals surface area (Å²) in [5.41, 5.74) is 1.09. The monoisotopic (exact) mass is 508 g/mol. The Labute approximate surface area is 160 Å². The second-order valence-electron chi connectivity index (χ2n) is 5.42. The minimum absolute atomic E-state index is 0.186. The summed E-state index contributed by atoms with van der Waals surface area (Å²) in [6, 6.07) is 6.74. The lowest BCUT2D eigenvalue weighted by atomic mass is 10.2. The van der Waals surface area contributed by atoms with E-state index in [-0.39, 0.29) is 5.82 Å². The van der Waals surface area contributed by atoms with Gasteiger partial charge in [-0.15, -0.1) is 0 Å². The zero-order valence-corrected chi connectivity index (χ0v) is 17.1. The first kappa shape index (κ1) is 17.4. The minimum atomic E-state index is -0.186. The summed E-state index contributed by atoms with van der Waals surface area (Å²) in [7, 11) is 0. The van der Waals surface area contributed by atoms with E-state index in [2.05, 4.69) is 62.7 Å². The Kier molecular flexibility index (Phi) is 5.77. The van der Waals surface area contributed by atoms with Crippen molar-refractivity contribution in [3.8, 4) is 0 Å². The third-order valence-corrected chi connectivity index (χ3v) is 7.17. The number of nitrogens with zero attached hydrogens (tertiary/aromatic N) is 4. The highest BCUT2D eigenvalue weighted by atomic mass is 79.9. The lowest BCUT2D eigenvalue weighted by molar-refractivity contribution is 0.243. The normalized spacial score (nSPS) is 16.1. The summed E-state index contributed by atoms with van der Waals surface area (Å²) in [4.78, 5) is 4.73. The van der Waals surface area contributed by atoms with Gasteiger partial charge in [0.1, 0.15) is 15.0 Å². The Hall–Kier alpha value is -0.440. The molecule has 1 aliphatic rings. The van der Waals surface area contributed by atoms with Crippen LogP contribution in [0.5, 0.6) is 0 Å². The van der Waals surface area contributed by atoms with Crippen LogP contribution in [-0.2, 0) is 6.54 Å². The van der Waals surface area contributed by atoms with Crippen LogP contribution in [0.4, 0.5) is 10.1 Å². The number of anilines is 1. The number of hydrogen-bond acceptors (Lipinski definition) is 3. The molecule has 1 aliphatic heterocycles. The molecule has 4 nitrogen and oxygen atoms in total. The van der Waals surface area contributed by atoms with Crippen molar-refractivity contribution in [1.82, 2.24) is 14.7 Å². The van der Waals surface area contributed by atoms with Crippen LogP contribution in [0.1, 0.15) is 0 Å². The van der Waals surface area contributed by atoms with Gasteiger partial charge in [-0.3, -0.25) is 9.58 Å². The molecule has 8 heteroatoms. The van der Waals surface area contributed by atoms with E-state index >= 15 is 0 Å². The van der Waals surface area contributed by atoms with Crippen LogP contribution in [0.2, 0.25) is 0 Å². The molecule has 0 saturated carbocycles. The number of halogens is 4. The Balaban J connectivity index is 1.51. The fourth-order valence-corrected chi connectivity index (χ4v) is 4.03. The molecule has 0 unspecified atom stereocenters. The van der Waals surface area contributed by atoms with Crippen molar-refractivity contribution < 1.29 is 4.39 Å². The van der Waals surface area contributed by atoms with E-state index in [4.69, 9.17) is 0 Å². The average Bonchev–Trinajstić information content (AvgIpc) is 2.81. The molecular formula is C15H16Br3FN4. The first-order valence-corrected chi connectivity index (χ1v) is 9.72. The molecule has 0 atom stereocenters. The maximum absolute atomic E-state index is 13.0. The van der Waals surface area contributed by atoms with Crippen molar-refractivity contribution in [2.75, 3.05) is 37.6 Å². The molecule has 23 heavy (non-hydrogen) atoms. The van der Waals surface area contributed by atoms with Crippen LogP contribution in [0.25, 0.3) is 0 Å².